The maximum Gasteiger partial charge on any atom is 0.153 e. The van der Waals surface area contributed by atoms with Crippen LogP contribution in [0.15, 0.2) is 53.5 Å². The summed E-state index contributed by atoms with van der Waals surface area (Å²) in [7, 11) is 0. The van der Waals surface area contributed by atoms with E-state index in [4.69, 9.17) is 10.5 Å². The number of amidine groups is 1. The zero-order valence-corrected chi connectivity index (χ0v) is 12.9. The van der Waals surface area contributed by atoms with Crippen molar-refractivity contribution in [2.45, 2.75) is 32.5 Å². The number of nitrogens with zero attached hydrogens (tertiary/aromatic N) is 1. The van der Waals surface area contributed by atoms with Crippen LogP contribution in [0.4, 0.5) is 5.69 Å². The average molecular weight is 295 g/mol. The van der Waals surface area contributed by atoms with Crippen molar-refractivity contribution in [3.05, 3.63) is 59.7 Å². The first-order valence-electron chi connectivity index (χ1n) is 7.55. The Morgan fingerprint density at radius 1 is 1.23 bits per heavy atom. The molecule has 114 valence electrons. The van der Waals surface area contributed by atoms with E-state index in [0.29, 0.717) is 5.84 Å². The van der Waals surface area contributed by atoms with Crippen LogP contribution in [-0.2, 0) is 6.54 Å². The topological polar surface area (TPSA) is 59.6 Å². The first-order chi connectivity index (χ1) is 10.6. The van der Waals surface area contributed by atoms with Gasteiger partial charge in [0.1, 0.15) is 17.3 Å². The fraction of sp³-hybridized carbons (Fsp3) is 0.278. The van der Waals surface area contributed by atoms with E-state index in [1.165, 1.54) is 11.1 Å². The van der Waals surface area contributed by atoms with Gasteiger partial charge in [-0.3, -0.25) is 0 Å². The van der Waals surface area contributed by atoms with Crippen molar-refractivity contribution in [1.29, 1.82) is 0 Å². The molecule has 2 aromatic rings. The van der Waals surface area contributed by atoms with E-state index < -0.39 is 0 Å². The Balaban J connectivity index is 1.72. The highest BCUT2D eigenvalue weighted by atomic mass is 16.5. The predicted molar refractivity (Wildman–Crippen MR) is 89.5 cm³/mol. The van der Waals surface area contributed by atoms with Crippen molar-refractivity contribution in [1.82, 2.24) is 5.32 Å². The van der Waals surface area contributed by atoms with Gasteiger partial charge in [-0.15, -0.1) is 0 Å². The lowest BCUT2D eigenvalue weighted by atomic mass is 10.1. The molecule has 1 aliphatic rings. The zero-order chi connectivity index (χ0) is 15.5. The van der Waals surface area contributed by atoms with Crippen molar-refractivity contribution in [3.63, 3.8) is 0 Å². The van der Waals surface area contributed by atoms with Crippen LogP contribution in [-0.4, -0.2) is 11.9 Å². The molecule has 0 spiro atoms. The molecule has 2 unspecified atom stereocenters. The van der Waals surface area contributed by atoms with E-state index >= 15 is 0 Å². The number of hydrogen-bond acceptors (Lipinski definition) is 4. The molecular formula is C18H21N3O. The van der Waals surface area contributed by atoms with Gasteiger partial charge in [0, 0.05) is 12.6 Å². The number of aliphatic imine (C=N–C) groups is 1. The second-order valence-electron chi connectivity index (χ2n) is 5.61. The molecule has 0 aromatic heterocycles. The largest absolute Gasteiger partial charge is 0.481 e. The van der Waals surface area contributed by atoms with Crippen LogP contribution in [0.5, 0.6) is 5.75 Å². The molecule has 1 aliphatic heterocycles. The van der Waals surface area contributed by atoms with E-state index in [2.05, 4.69) is 47.6 Å². The summed E-state index contributed by atoms with van der Waals surface area (Å²) in [4.78, 5) is 4.43. The maximum atomic E-state index is 5.86. The number of hydrogen-bond donors (Lipinski definition) is 2. The number of ether oxygens (including phenoxy) is 1. The lowest BCUT2D eigenvalue weighted by Gasteiger charge is -2.22. The lowest BCUT2D eigenvalue weighted by molar-refractivity contribution is 0.281. The Morgan fingerprint density at radius 2 is 2.00 bits per heavy atom. The van der Waals surface area contributed by atoms with Crippen LogP contribution in [0.3, 0.4) is 0 Å². The Labute approximate surface area is 131 Å². The summed E-state index contributed by atoms with van der Waals surface area (Å²) in [6.45, 7) is 4.88. The average Bonchev–Trinajstić information content (AvgIpc) is 2.54. The fourth-order valence-electron chi connectivity index (χ4n) is 2.46. The molecule has 3 N–H and O–H groups in total. The Bertz CT molecular complexity index is 682. The van der Waals surface area contributed by atoms with Gasteiger partial charge >= 0.3 is 0 Å². The zero-order valence-electron chi connectivity index (χ0n) is 12.9. The van der Waals surface area contributed by atoms with E-state index in [0.717, 1.165) is 18.0 Å². The highest BCUT2D eigenvalue weighted by molar-refractivity contribution is 5.89. The molecule has 0 radical (unpaired) electrons. The molecule has 2 atom stereocenters. The number of nitrogens with two attached hydrogens (primary N) is 1. The van der Waals surface area contributed by atoms with E-state index in [1.54, 1.807) is 0 Å². The first-order valence-corrected chi connectivity index (χ1v) is 7.55. The molecule has 4 nitrogen and oxygen atoms in total. The molecule has 0 saturated heterocycles. The van der Waals surface area contributed by atoms with Crippen LogP contribution < -0.4 is 15.8 Å². The SMILES string of the molecule is CC1Oc2ccc(C(C)NCc3ccccc3)cc2N=C1N. The highest BCUT2D eigenvalue weighted by Gasteiger charge is 2.19. The summed E-state index contributed by atoms with van der Waals surface area (Å²) in [6, 6.07) is 16.7. The van der Waals surface area contributed by atoms with E-state index in [9.17, 15) is 0 Å². The number of nitrogens with one attached hydrogen (secondary N) is 1. The number of fused-ring (bicyclic) bond motifs is 1. The van der Waals surface area contributed by atoms with Crippen molar-refractivity contribution in [2.75, 3.05) is 0 Å². The standard InChI is InChI=1S/C18H21N3O/c1-12(20-11-14-6-4-3-5-7-14)15-8-9-17-16(10-15)21-18(19)13(2)22-17/h3-10,12-13,20H,11H2,1-2H3,(H2,19,21). The van der Waals surface area contributed by atoms with Gasteiger partial charge < -0.3 is 15.8 Å². The molecule has 1 heterocycles. The molecule has 0 fully saturated rings. The first kappa shape index (κ1) is 14.6. The molecule has 4 heteroatoms. The third-order valence-electron chi connectivity index (χ3n) is 3.91. The summed E-state index contributed by atoms with van der Waals surface area (Å²) in [5.41, 5.74) is 9.11. The van der Waals surface area contributed by atoms with Gasteiger partial charge in [-0.1, -0.05) is 36.4 Å². The number of benzene rings is 2. The van der Waals surface area contributed by atoms with Crippen molar-refractivity contribution in [3.8, 4) is 5.75 Å². The molecule has 3 rings (SSSR count). The molecule has 22 heavy (non-hydrogen) atoms. The van der Waals surface area contributed by atoms with Gasteiger partial charge in [-0.2, -0.15) is 0 Å². The van der Waals surface area contributed by atoms with Crippen LogP contribution in [0.2, 0.25) is 0 Å². The number of rotatable bonds is 4. The van der Waals surface area contributed by atoms with Gasteiger partial charge in [-0.25, -0.2) is 4.99 Å². The molecular weight excluding hydrogens is 274 g/mol. The van der Waals surface area contributed by atoms with Crippen LogP contribution >= 0.6 is 0 Å². The smallest absolute Gasteiger partial charge is 0.153 e. The van der Waals surface area contributed by atoms with E-state index in [1.807, 2.05) is 25.1 Å². The molecule has 2 aromatic carbocycles. The molecule has 0 bridgehead atoms. The summed E-state index contributed by atoms with van der Waals surface area (Å²) < 4.78 is 5.73. The third-order valence-corrected chi connectivity index (χ3v) is 3.91. The van der Waals surface area contributed by atoms with Crippen LogP contribution in [0.25, 0.3) is 0 Å². The lowest BCUT2D eigenvalue weighted by Crippen LogP contribution is -2.33. The van der Waals surface area contributed by atoms with Crippen molar-refractivity contribution >= 4 is 11.5 Å². The fourth-order valence-corrected chi connectivity index (χ4v) is 2.46. The summed E-state index contributed by atoms with van der Waals surface area (Å²) in [5.74, 6) is 1.32. The van der Waals surface area contributed by atoms with Gasteiger partial charge in [0.15, 0.2) is 6.10 Å². The van der Waals surface area contributed by atoms with Crippen LogP contribution in [0.1, 0.15) is 31.0 Å². The summed E-state index contributed by atoms with van der Waals surface area (Å²) in [6.07, 6.45) is -0.160. The predicted octanol–water partition coefficient (Wildman–Crippen LogP) is 3.31. The Hall–Kier alpha value is -2.33. The normalized spacial score (nSPS) is 18.1. The van der Waals surface area contributed by atoms with Crippen molar-refractivity contribution < 1.29 is 4.74 Å². The van der Waals surface area contributed by atoms with Crippen LogP contribution in [0, 0.1) is 0 Å². The highest BCUT2D eigenvalue weighted by Crippen LogP contribution is 2.34. The quantitative estimate of drug-likeness (QED) is 0.909. The van der Waals surface area contributed by atoms with Crippen molar-refractivity contribution in [2.24, 2.45) is 10.7 Å². The second-order valence-corrected chi connectivity index (χ2v) is 5.61. The third kappa shape index (κ3) is 3.12. The Morgan fingerprint density at radius 3 is 2.77 bits per heavy atom. The summed E-state index contributed by atoms with van der Waals surface area (Å²) >= 11 is 0. The minimum atomic E-state index is -0.160. The molecule has 0 amide bonds. The van der Waals surface area contributed by atoms with Gasteiger partial charge in [-0.05, 0) is 37.1 Å². The van der Waals surface area contributed by atoms with E-state index in [-0.39, 0.29) is 12.1 Å². The minimum absolute atomic E-state index is 0.160. The molecule has 0 aliphatic carbocycles. The van der Waals surface area contributed by atoms with Gasteiger partial charge in [0.25, 0.3) is 0 Å². The Kier molecular flexibility index (Phi) is 4.11. The molecule has 0 saturated carbocycles. The second kappa shape index (κ2) is 6.20. The van der Waals surface area contributed by atoms with Gasteiger partial charge in [0.05, 0.1) is 0 Å². The maximum absolute atomic E-state index is 5.86. The monoisotopic (exact) mass is 295 g/mol. The van der Waals surface area contributed by atoms with Gasteiger partial charge in [0.2, 0.25) is 0 Å². The minimum Gasteiger partial charge on any atom is -0.481 e. The summed E-state index contributed by atoms with van der Waals surface area (Å²) in [5, 5.41) is 3.52.